The minimum Gasteiger partial charge on any atom is -0.497 e. The van der Waals surface area contributed by atoms with Gasteiger partial charge < -0.3 is 15.4 Å². The lowest BCUT2D eigenvalue weighted by atomic mass is 10.1. The maximum absolute atomic E-state index is 12.3. The number of fused-ring (bicyclic) bond motifs is 1. The summed E-state index contributed by atoms with van der Waals surface area (Å²) in [5, 5.41) is 6.72. The molecule has 1 aromatic heterocycles. The average molecular weight is 377 g/mol. The molecule has 3 rings (SSSR count). The van der Waals surface area contributed by atoms with Crippen LogP contribution in [-0.2, 0) is 4.79 Å². The van der Waals surface area contributed by atoms with E-state index >= 15 is 0 Å². The molecule has 0 unspecified atom stereocenters. The highest BCUT2D eigenvalue weighted by Crippen LogP contribution is 2.22. The third-order valence-corrected chi connectivity index (χ3v) is 4.35. The van der Waals surface area contributed by atoms with Crippen LogP contribution in [0.2, 0.25) is 0 Å². The molecular formula is C22H23N3O3. The summed E-state index contributed by atoms with van der Waals surface area (Å²) in [5.41, 5.74) is 2.94. The van der Waals surface area contributed by atoms with Gasteiger partial charge in [0.2, 0.25) is 5.91 Å². The van der Waals surface area contributed by atoms with E-state index in [9.17, 15) is 9.59 Å². The van der Waals surface area contributed by atoms with E-state index in [1.165, 1.54) is 0 Å². The van der Waals surface area contributed by atoms with Crippen LogP contribution in [0, 0.1) is 6.92 Å². The van der Waals surface area contributed by atoms with Crippen LogP contribution >= 0.6 is 0 Å². The Hall–Kier alpha value is -3.41. The zero-order valence-electron chi connectivity index (χ0n) is 16.0. The first-order valence-corrected chi connectivity index (χ1v) is 9.15. The molecule has 6 nitrogen and oxygen atoms in total. The van der Waals surface area contributed by atoms with E-state index in [0.29, 0.717) is 36.4 Å². The molecular weight excluding hydrogens is 354 g/mol. The highest BCUT2D eigenvalue weighted by molar-refractivity contribution is 6.00. The first-order chi connectivity index (χ1) is 13.6. The zero-order valence-corrected chi connectivity index (χ0v) is 16.0. The molecule has 2 aromatic carbocycles. The summed E-state index contributed by atoms with van der Waals surface area (Å²) in [6.07, 6.45) is 0.857. The number of pyridine rings is 1. The first kappa shape index (κ1) is 19.4. The van der Waals surface area contributed by atoms with Gasteiger partial charge in [-0.05, 0) is 49.7 Å². The quantitative estimate of drug-likeness (QED) is 0.615. The number of amides is 2. The number of anilines is 1. The van der Waals surface area contributed by atoms with Crippen LogP contribution in [0.4, 0.5) is 5.69 Å². The lowest BCUT2D eigenvalue weighted by molar-refractivity contribution is -0.116. The normalized spacial score (nSPS) is 10.5. The fraction of sp³-hybridized carbons (Fsp3) is 0.227. The van der Waals surface area contributed by atoms with Crippen molar-refractivity contribution in [1.29, 1.82) is 0 Å². The summed E-state index contributed by atoms with van der Waals surface area (Å²) in [5.74, 6) is 0.428. The molecule has 0 atom stereocenters. The third kappa shape index (κ3) is 4.85. The van der Waals surface area contributed by atoms with Crippen LogP contribution in [0.1, 0.15) is 28.9 Å². The lowest BCUT2D eigenvalue weighted by Crippen LogP contribution is -2.25. The molecule has 0 saturated carbocycles. The number of para-hydroxylation sites is 1. The Labute approximate surface area is 163 Å². The molecule has 1 heterocycles. The highest BCUT2D eigenvalue weighted by atomic mass is 16.5. The predicted octanol–water partition coefficient (Wildman–Crippen LogP) is 3.70. The Morgan fingerprint density at radius 2 is 1.82 bits per heavy atom. The van der Waals surface area contributed by atoms with Gasteiger partial charge in [0.25, 0.3) is 5.91 Å². The summed E-state index contributed by atoms with van der Waals surface area (Å²) in [7, 11) is 1.58. The Bertz CT molecular complexity index is 984. The van der Waals surface area contributed by atoms with Crippen LogP contribution in [0.15, 0.2) is 54.6 Å². The van der Waals surface area contributed by atoms with E-state index in [1.54, 1.807) is 31.4 Å². The molecule has 2 N–H and O–H groups in total. The second kappa shape index (κ2) is 8.99. The smallest absolute Gasteiger partial charge is 0.251 e. The van der Waals surface area contributed by atoms with Gasteiger partial charge in [-0.25, -0.2) is 0 Å². The van der Waals surface area contributed by atoms with Gasteiger partial charge in [0, 0.05) is 29.6 Å². The fourth-order valence-corrected chi connectivity index (χ4v) is 2.85. The first-order valence-electron chi connectivity index (χ1n) is 9.15. The Morgan fingerprint density at radius 3 is 2.57 bits per heavy atom. The third-order valence-electron chi connectivity index (χ3n) is 4.35. The number of benzene rings is 2. The van der Waals surface area contributed by atoms with Gasteiger partial charge >= 0.3 is 0 Å². The molecule has 0 aliphatic heterocycles. The van der Waals surface area contributed by atoms with Gasteiger partial charge in [-0.1, -0.05) is 18.2 Å². The van der Waals surface area contributed by atoms with Gasteiger partial charge in [-0.15, -0.1) is 0 Å². The van der Waals surface area contributed by atoms with Crippen molar-refractivity contribution in [2.45, 2.75) is 19.8 Å². The maximum atomic E-state index is 12.3. The number of aryl methyl sites for hydroxylation is 1. The molecule has 0 aliphatic carbocycles. The van der Waals surface area contributed by atoms with Crippen molar-refractivity contribution < 1.29 is 14.3 Å². The van der Waals surface area contributed by atoms with Crippen molar-refractivity contribution in [2.75, 3.05) is 19.0 Å². The van der Waals surface area contributed by atoms with Gasteiger partial charge in [-0.3, -0.25) is 14.6 Å². The number of nitrogens with zero attached hydrogens (tertiary/aromatic N) is 1. The minimum absolute atomic E-state index is 0.102. The molecule has 3 aromatic rings. The largest absolute Gasteiger partial charge is 0.497 e. The number of methoxy groups -OCH3 is 1. The molecule has 28 heavy (non-hydrogen) atoms. The van der Waals surface area contributed by atoms with Crippen molar-refractivity contribution >= 4 is 28.4 Å². The van der Waals surface area contributed by atoms with E-state index in [-0.39, 0.29) is 11.8 Å². The SMILES string of the molecule is COc1ccc(C(=O)NCCCC(=O)Nc2cccc3ccc(C)nc23)cc1. The van der Waals surface area contributed by atoms with Crippen molar-refractivity contribution in [3.05, 3.63) is 65.9 Å². The zero-order chi connectivity index (χ0) is 19.9. The predicted molar refractivity (Wildman–Crippen MR) is 110 cm³/mol. The molecule has 0 aliphatic rings. The van der Waals surface area contributed by atoms with Crippen LogP contribution < -0.4 is 15.4 Å². The molecule has 0 radical (unpaired) electrons. The molecule has 0 spiro atoms. The van der Waals surface area contributed by atoms with E-state index in [4.69, 9.17) is 4.74 Å². The molecule has 144 valence electrons. The van der Waals surface area contributed by atoms with Gasteiger partial charge in [0.05, 0.1) is 18.3 Å². The lowest BCUT2D eigenvalue weighted by Gasteiger charge is -2.09. The second-order valence-electron chi connectivity index (χ2n) is 6.47. The number of hydrogen-bond acceptors (Lipinski definition) is 4. The summed E-state index contributed by atoms with van der Waals surface area (Å²) in [6.45, 7) is 2.34. The number of nitrogens with one attached hydrogen (secondary N) is 2. The van der Waals surface area contributed by atoms with Crippen molar-refractivity contribution in [2.24, 2.45) is 0 Å². The minimum atomic E-state index is -0.170. The summed E-state index contributed by atoms with van der Waals surface area (Å²) in [4.78, 5) is 28.9. The van der Waals surface area contributed by atoms with Crippen molar-refractivity contribution in [3.63, 3.8) is 0 Å². The molecule has 2 amide bonds. The van der Waals surface area contributed by atoms with Gasteiger partial charge in [-0.2, -0.15) is 0 Å². The van der Waals surface area contributed by atoms with E-state index in [0.717, 1.165) is 16.6 Å². The monoisotopic (exact) mass is 377 g/mol. The Balaban J connectivity index is 1.48. The van der Waals surface area contributed by atoms with Crippen molar-refractivity contribution in [1.82, 2.24) is 10.3 Å². The number of carbonyl (C=O) groups excluding carboxylic acids is 2. The number of ether oxygens (including phenoxy) is 1. The topological polar surface area (TPSA) is 80.3 Å². The van der Waals surface area contributed by atoms with Crippen LogP contribution in [0.5, 0.6) is 5.75 Å². The Kier molecular flexibility index (Phi) is 6.22. The summed E-state index contributed by atoms with van der Waals surface area (Å²) >= 11 is 0. The number of rotatable bonds is 7. The van der Waals surface area contributed by atoms with Crippen molar-refractivity contribution in [3.8, 4) is 5.75 Å². The average Bonchev–Trinajstić information content (AvgIpc) is 2.71. The number of aromatic nitrogens is 1. The summed E-state index contributed by atoms with van der Waals surface area (Å²) in [6, 6.07) is 16.5. The van der Waals surface area contributed by atoms with E-state index < -0.39 is 0 Å². The molecule has 0 saturated heterocycles. The van der Waals surface area contributed by atoms with E-state index in [2.05, 4.69) is 15.6 Å². The van der Waals surface area contributed by atoms with Crippen LogP contribution in [-0.4, -0.2) is 30.5 Å². The standard InChI is InChI=1S/C22H23N3O3/c1-15-8-9-16-5-3-6-19(21(16)24-15)25-20(26)7-4-14-23-22(27)17-10-12-18(28-2)13-11-17/h3,5-6,8-13H,4,7,14H2,1-2H3,(H,23,27)(H,25,26). The molecule has 6 heteroatoms. The number of carbonyl (C=O) groups is 2. The highest BCUT2D eigenvalue weighted by Gasteiger charge is 2.09. The Morgan fingerprint density at radius 1 is 1.04 bits per heavy atom. The van der Waals surface area contributed by atoms with Crippen LogP contribution in [0.3, 0.4) is 0 Å². The molecule has 0 fully saturated rings. The maximum Gasteiger partial charge on any atom is 0.251 e. The molecule has 0 bridgehead atoms. The van der Waals surface area contributed by atoms with Gasteiger partial charge in [0.1, 0.15) is 5.75 Å². The fourth-order valence-electron chi connectivity index (χ4n) is 2.85. The van der Waals surface area contributed by atoms with Gasteiger partial charge in [0.15, 0.2) is 0 Å². The summed E-state index contributed by atoms with van der Waals surface area (Å²) < 4.78 is 5.08. The number of hydrogen-bond donors (Lipinski definition) is 2. The van der Waals surface area contributed by atoms with Crippen LogP contribution in [0.25, 0.3) is 10.9 Å². The van der Waals surface area contributed by atoms with E-state index in [1.807, 2.05) is 37.3 Å². The second-order valence-corrected chi connectivity index (χ2v) is 6.47.